The Kier molecular flexibility index (Phi) is 5.24. The molecule has 144 valence electrons. The fourth-order valence-corrected chi connectivity index (χ4v) is 2.68. The molecule has 0 saturated carbocycles. The molecule has 1 aromatic heterocycles. The van der Waals surface area contributed by atoms with Gasteiger partial charge >= 0.3 is 0 Å². The minimum atomic E-state index is -0.289. The lowest BCUT2D eigenvalue weighted by Gasteiger charge is -2.10. The van der Waals surface area contributed by atoms with E-state index in [0.717, 1.165) is 5.56 Å². The van der Waals surface area contributed by atoms with E-state index in [4.69, 9.17) is 4.74 Å². The number of halogens is 1. The first-order valence-corrected chi connectivity index (χ1v) is 8.79. The van der Waals surface area contributed by atoms with Crippen molar-refractivity contribution < 1.29 is 13.9 Å². The van der Waals surface area contributed by atoms with Crippen LogP contribution in [0.1, 0.15) is 15.9 Å². The van der Waals surface area contributed by atoms with Crippen molar-refractivity contribution in [1.82, 2.24) is 20.2 Å². The second kappa shape index (κ2) is 8.30. The van der Waals surface area contributed by atoms with Crippen molar-refractivity contribution in [2.45, 2.75) is 6.61 Å². The molecule has 3 aromatic carbocycles. The number of hydrogen-bond acceptors (Lipinski definition) is 5. The second-order valence-electron chi connectivity index (χ2n) is 6.20. The average molecular weight is 389 g/mol. The highest BCUT2D eigenvalue weighted by molar-refractivity contribution is 6.04. The third-order valence-electron chi connectivity index (χ3n) is 4.13. The van der Waals surface area contributed by atoms with Crippen LogP contribution in [0.3, 0.4) is 0 Å². The quantitative estimate of drug-likeness (QED) is 0.545. The molecule has 1 amide bonds. The lowest BCUT2D eigenvalue weighted by molar-refractivity contribution is 0.102. The molecule has 0 saturated heterocycles. The van der Waals surface area contributed by atoms with Crippen LogP contribution in [0.5, 0.6) is 5.75 Å². The number of aromatic nitrogens is 4. The molecule has 0 fully saturated rings. The van der Waals surface area contributed by atoms with E-state index in [-0.39, 0.29) is 11.7 Å². The van der Waals surface area contributed by atoms with E-state index in [0.29, 0.717) is 29.3 Å². The number of nitrogens with zero attached hydrogens (tertiary/aromatic N) is 4. The predicted molar refractivity (Wildman–Crippen MR) is 104 cm³/mol. The number of anilines is 1. The molecule has 0 radical (unpaired) electrons. The van der Waals surface area contributed by atoms with Gasteiger partial charge in [0.15, 0.2) is 0 Å². The molecule has 0 unspecified atom stereocenters. The van der Waals surface area contributed by atoms with Crippen LogP contribution >= 0.6 is 0 Å². The predicted octanol–water partition coefficient (Wildman–Crippen LogP) is 3.63. The zero-order valence-corrected chi connectivity index (χ0v) is 15.2. The van der Waals surface area contributed by atoms with Gasteiger partial charge in [-0.1, -0.05) is 24.3 Å². The highest BCUT2D eigenvalue weighted by Gasteiger charge is 2.09. The zero-order valence-electron chi connectivity index (χ0n) is 15.2. The van der Waals surface area contributed by atoms with Gasteiger partial charge in [0.2, 0.25) is 0 Å². The number of rotatable bonds is 6. The minimum Gasteiger partial charge on any atom is -0.489 e. The number of ether oxygens (including phenoxy) is 1. The summed E-state index contributed by atoms with van der Waals surface area (Å²) in [5.74, 6) is 0.0350. The molecule has 0 atom stereocenters. The monoisotopic (exact) mass is 389 g/mol. The summed E-state index contributed by atoms with van der Waals surface area (Å²) in [4.78, 5) is 12.6. The van der Waals surface area contributed by atoms with Crippen LogP contribution < -0.4 is 10.1 Å². The molecule has 0 aliphatic carbocycles. The SMILES string of the molecule is O=C(Nc1cccc(OCc2ccc(F)cc2)c1)c1cccc(-n2cnnn2)c1. The maximum atomic E-state index is 13.0. The molecule has 8 heteroatoms. The molecule has 1 N–H and O–H groups in total. The van der Waals surface area contributed by atoms with E-state index >= 15 is 0 Å². The Hall–Kier alpha value is -4.07. The number of hydrogen-bond donors (Lipinski definition) is 1. The third-order valence-corrected chi connectivity index (χ3v) is 4.13. The smallest absolute Gasteiger partial charge is 0.255 e. The molecular formula is C21H16FN5O2. The van der Waals surface area contributed by atoms with Crippen molar-refractivity contribution in [3.05, 3.63) is 96.1 Å². The average Bonchev–Trinajstić information content (AvgIpc) is 3.29. The Morgan fingerprint density at radius 2 is 1.86 bits per heavy atom. The Morgan fingerprint density at radius 3 is 2.66 bits per heavy atom. The largest absolute Gasteiger partial charge is 0.489 e. The van der Waals surface area contributed by atoms with E-state index in [1.54, 1.807) is 60.7 Å². The van der Waals surface area contributed by atoms with Gasteiger partial charge in [-0.05, 0) is 58.5 Å². The van der Waals surface area contributed by atoms with Crippen LogP contribution in [0, 0.1) is 5.82 Å². The molecule has 0 spiro atoms. The van der Waals surface area contributed by atoms with Gasteiger partial charge in [-0.3, -0.25) is 4.79 Å². The highest BCUT2D eigenvalue weighted by atomic mass is 19.1. The van der Waals surface area contributed by atoms with Crippen molar-refractivity contribution >= 4 is 11.6 Å². The number of carbonyl (C=O) groups is 1. The van der Waals surface area contributed by atoms with Crippen LogP contribution in [0.15, 0.2) is 79.1 Å². The van der Waals surface area contributed by atoms with Gasteiger partial charge in [-0.25, -0.2) is 9.07 Å². The van der Waals surface area contributed by atoms with Gasteiger partial charge in [0.25, 0.3) is 5.91 Å². The van der Waals surface area contributed by atoms with Gasteiger partial charge in [0.1, 0.15) is 24.5 Å². The summed E-state index contributed by atoms with van der Waals surface area (Å²) in [7, 11) is 0. The van der Waals surface area contributed by atoms with Gasteiger partial charge in [-0.2, -0.15) is 0 Å². The van der Waals surface area contributed by atoms with Crippen LogP contribution in [-0.2, 0) is 6.61 Å². The van der Waals surface area contributed by atoms with Crippen molar-refractivity contribution in [2.24, 2.45) is 0 Å². The van der Waals surface area contributed by atoms with E-state index in [1.165, 1.54) is 23.1 Å². The van der Waals surface area contributed by atoms with Gasteiger partial charge < -0.3 is 10.1 Å². The maximum Gasteiger partial charge on any atom is 0.255 e. The zero-order chi connectivity index (χ0) is 20.1. The molecule has 0 aliphatic rings. The molecule has 0 bridgehead atoms. The number of amides is 1. The van der Waals surface area contributed by atoms with Gasteiger partial charge in [-0.15, -0.1) is 5.10 Å². The second-order valence-corrected chi connectivity index (χ2v) is 6.20. The van der Waals surface area contributed by atoms with E-state index in [1.807, 2.05) is 0 Å². The Morgan fingerprint density at radius 1 is 1.03 bits per heavy atom. The van der Waals surface area contributed by atoms with Crippen LogP contribution in [-0.4, -0.2) is 26.1 Å². The number of carbonyl (C=O) groups excluding carboxylic acids is 1. The van der Waals surface area contributed by atoms with E-state index in [2.05, 4.69) is 20.8 Å². The Balaban J connectivity index is 1.43. The number of tetrazole rings is 1. The normalized spacial score (nSPS) is 10.5. The fraction of sp³-hybridized carbons (Fsp3) is 0.0476. The summed E-state index contributed by atoms with van der Waals surface area (Å²) < 4.78 is 20.2. The number of nitrogens with one attached hydrogen (secondary N) is 1. The van der Waals surface area contributed by atoms with Crippen molar-refractivity contribution in [3.8, 4) is 11.4 Å². The molecule has 29 heavy (non-hydrogen) atoms. The standard InChI is InChI=1S/C21H16FN5O2/c22-17-9-7-15(8-10-17)13-29-20-6-2-4-18(12-20)24-21(28)16-3-1-5-19(11-16)27-14-23-25-26-27/h1-12,14H,13H2,(H,24,28). The number of benzene rings is 3. The van der Waals surface area contributed by atoms with E-state index < -0.39 is 0 Å². The molecular weight excluding hydrogens is 373 g/mol. The van der Waals surface area contributed by atoms with Gasteiger partial charge in [0, 0.05) is 17.3 Å². The Bertz CT molecular complexity index is 1110. The van der Waals surface area contributed by atoms with Crippen LogP contribution in [0.4, 0.5) is 10.1 Å². The summed E-state index contributed by atoms with van der Waals surface area (Å²) in [6, 6.07) is 20.1. The molecule has 7 nitrogen and oxygen atoms in total. The summed E-state index contributed by atoms with van der Waals surface area (Å²) in [5, 5.41) is 13.9. The summed E-state index contributed by atoms with van der Waals surface area (Å²) in [6.45, 7) is 0.297. The third kappa shape index (κ3) is 4.62. The molecule has 1 heterocycles. The minimum absolute atomic E-state index is 0.268. The lowest BCUT2D eigenvalue weighted by atomic mass is 10.2. The van der Waals surface area contributed by atoms with E-state index in [9.17, 15) is 9.18 Å². The highest BCUT2D eigenvalue weighted by Crippen LogP contribution is 2.20. The van der Waals surface area contributed by atoms with Gasteiger partial charge in [0.05, 0.1) is 5.69 Å². The first-order valence-electron chi connectivity index (χ1n) is 8.79. The first-order chi connectivity index (χ1) is 14.2. The summed E-state index contributed by atoms with van der Waals surface area (Å²) in [5.41, 5.74) is 2.59. The Labute approximate surface area is 165 Å². The topological polar surface area (TPSA) is 81.9 Å². The first kappa shape index (κ1) is 18.3. The van der Waals surface area contributed by atoms with Crippen LogP contribution in [0.2, 0.25) is 0 Å². The van der Waals surface area contributed by atoms with Crippen molar-refractivity contribution in [2.75, 3.05) is 5.32 Å². The lowest BCUT2D eigenvalue weighted by Crippen LogP contribution is -2.12. The fourth-order valence-electron chi connectivity index (χ4n) is 2.68. The van der Waals surface area contributed by atoms with Crippen molar-refractivity contribution in [1.29, 1.82) is 0 Å². The molecule has 0 aliphatic heterocycles. The molecule has 4 rings (SSSR count). The van der Waals surface area contributed by atoms with Crippen molar-refractivity contribution in [3.63, 3.8) is 0 Å². The maximum absolute atomic E-state index is 13.0. The summed E-state index contributed by atoms with van der Waals surface area (Å²) in [6.07, 6.45) is 1.46. The molecule has 4 aromatic rings. The summed E-state index contributed by atoms with van der Waals surface area (Å²) >= 11 is 0. The van der Waals surface area contributed by atoms with Crippen LogP contribution in [0.25, 0.3) is 5.69 Å².